The molecule has 2 aliphatic rings. The summed E-state index contributed by atoms with van der Waals surface area (Å²) in [7, 11) is 0. The van der Waals surface area contributed by atoms with E-state index >= 15 is 0 Å². The predicted molar refractivity (Wildman–Crippen MR) is 107 cm³/mol. The molecule has 1 aromatic heterocycles. The van der Waals surface area contributed by atoms with E-state index in [2.05, 4.69) is 23.3 Å². The minimum Gasteiger partial charge on any atom is -0.392 e. The summed E-state index contributed by atoms with van der Waals surface area (Å²) >= 11 is 0. The summed E-state index contributed by atoms with van der Waals surface area (Å²) in [5.74, 6) is 0.0460. The van der Waals surface area contributed by atoms with Crippen LogP contribution >= 0.6 is 0 Å². The first-order chi connectivity index (χ1) is 13.7. The van der Waals surface area contributed by atoms with Crippen LogP contribution in [0, 0.1) is 0 Å². The highest BCUT2D eigenvalue weighted by atomic mass is 16.3. The SMILES string of the molecule is O=C(c1cccc(-n2cccn2)c1)N1CCC2(CC1)c1ccccc1CC2O. The average molecular weight is 373 g/mol. The highest BCUT2D eigenvalue weighted by Crippen LogP contribution is 2.46. The van der Waals surface area contributed by atoms with Gasteiger partial charge in [0.1, 0.15) is 0 Å². The second kappa shape index (κ2) is 6.60. The standard InChI is InChI=1S/C23H23N3O2/c27-21-16-17-5-1-2-8-20(17)23(21)9-13-25(14-10-23)22(28)18-6-3-7-19(15-18)26-12-4-11-24-26/h1-8,11-12,15,21,27H,9-10,13-14,16H2. The van der Waals surface area contributed by atoms with Crippen molar-refractivity contribution in [2.45, 2.75) is 30.8 Å². The van der Waals surface area contributed by atoms with Gasteiger partial charge in [0.25, 0.3) is 5.91 Å². The van der Waals surface area contributed by atoms with Crippen molar-refractivity contribution in [3.8, 4) is 5.69 Å². The molecule has 0 radical (unpaired) electrons. The zero-order valence-corrected chi connectivity index (χ0v) is 15.7. The molecule has 142 valence electrons. The van der Waals surface area contributed by atoms with E-state index in [9.17, 15) is 9.90 Å². The molecule has 1 atom stereocenters. The number of rotatable bonds is 2. The normalized spacial score (nSPS) is 20.3. The maximum atomic E-state index is 13.1. The van der Waals surface area contributed by atoms with Crippen molar-refractivity contribution in [3.05, 3.63) is 83.7 Å². The zero-order chi connectivity index (χ0) is 19.1. The van der Waals surface area contributed by atoms with E-state index in [1.807, 2.05) is 47.5 Å². The van der Waals surface area contributed by atoms with Crippen LogP contribution in [-0.4, -0.2) is 44.9 Å². The van der Waals surface area contributed by atoms with Gasteiger partial charge in [-0.25, -0.2) is 4.68 Å². The summed E-state index contributed by atoms with van der Waals surface area (Å²) in [5.41, 5.74) is 3.88. The fourth-order valence-electron chi connectivity index (χ4n) is 4.86. The molecule has 28 heavy (non-hydrogen) atoms. The highest BCUT2D eigenvalue weighted by Gasteiger charge is 2.48. The number of aliphatic hydroxyl groups excluding tert-OH is 1. The maximum Gasteiger partial charge on any atom is 0.253 e. The van der Waals surface area contributed by atoms with Crippen LogP contribution in [0.15, 0.2) is 67.0 Å². The molecule has 1 fully saturated rings. The fraction of sp³-hybridized carbons (Fsp3) is 0.304. The Morgan fingerprint density at radius 1 is 1.07 bits per heavy atom. The van der Waals surface area contributed by atoms with Crippen molar-refractivity contribution in [1.82, 2.24) is 14.7 Å². The van der Waals surface area contributed by atoms with Crippen molar-refractivity contribution in [1.29, 1.82) is 0 Å². The third kappa shape index (κ3) is 2.66. The second-order valence-corrected chi connectivity index (χ2v) is 7.83. The molecule has 2 aromatic carbocycles. The number of carbonyl (C=O) groups is 1. The second-order valence-electron chi connectivity index (χ2n) is 7.83. The summed E-state index contributed by atoms with van der Waals surface area (Å²) in [6, 6.07) is 17.8. The molecule has 3 aromatic rings. The number of carbonyl (C=O) groups excluding carboxylic acids is 1. The topological polar surface area (TPSA) is 58.4 Å². The number of fused-ring (bicyclic) bond motifs is 2. The lowest BCUT2D eigenvalue weighted by atomic mass is 9.72. The first kappa shape index (κ1) is 17.2. The summed E-state index contributed by atoms with van der Waals surface area (Å²) in [6.45, 7) is 1.33. The van der Waals surface area contributed by atoms with Gasteiger partial charge < -0.3 is 10.0 Å². The summed E-state index contributed by atoms with van der Waals surface area (Å²) in [4.78, 5) is 15.0. The molecule has 1 amide bonds. The number of benzene rings is 2. The number of amides is 1. The van der Waals surface area contributed by atoms with E-state index in [0.717, 1.165) is 24.9 Å². The van der Waals surface area contributed by atoms with Gasteiger partial charge in [-0.1, -0.05) is 30.3 Å². The van der Waals surface area contributed by atoms with Crippen LogP contribution in [0.2, 0.25) is 0 Å². The minimum absolute atomic E-state index is 0.0460. The summed E-state index contributed by atoms with van der Waals surface area (Å²) in [6.07, 6.45) is 5.56. The van der Waals surface area contributed by atoms with Crippen molar-refractivity contribution < 1.29 is 9.90 Å². The Kier molecular flexibility index (Phi) is 4.05. The maximum absolute atomic E-state index is 13.1. The van der Waals surface area contributed by atoms with E-state index in [0.29, 0.717) is 18.7 Å². The molecule has 5 rings (SSSR count). The molecule has 1 saturated heterocycles. The molecule has 0 bridgehead atoms. The molecule has 1 unspecified atom stereocenters. The molecule has 1 aliphatic heterocycles. The van der Waals surface area contributed by atoms with Gasteiger partial charge in [0.2, 0.25) is 0 Å². The van der Waals surface area contributed by atoms with Crippen LogP contribution in [0.5, 0.6) is 0 Å². The van der Waals surface area contributed by atoms with E-state index < -0.39 is 0 Å². The Bertz CT molecular complexity index is 1000. The van der Waals surface area contributed by atoms with Crippen LogP contribution in [0.3, 0.4) is 0 Å². The molecular formula is C23H23N3O2. The van der Waals surface area contributed by atoms with E-state index in [-0.39, 0.29) is 17.4 Å². The molecule has 5 heteroatoms. The van der Waals surface area contributed by atoms with Gasteiger partial charge in [0.05, 0.1) is 11.8 Å². The quantitative estimate of drug-likeness (QED) is 0.751. The average Bonchev–Trinajstić information content (AvgIpc) is 3.36. The Hall–Kier alpha value is -2.92. The Labute approximate surface area is 164 Å². The van der Waals surface area contributed by atoms with Crippen LogP contribution in [0.25, 0.3) is 5.69 Å². The largest absolute Gasteiger partial charge is 0.392 e. The predicted octanol–water partition coefficient (Wildman–Crippen LogP) is 2.96. The lowest BCUT2D eigenvalue weighted by Gasteiger charge is -2.42. The molecule has 0 saturated carbocycles. The van der Waals surface area contributed by atoms with Crippen LogP contribution in [-0.2, 0) is 11.8 Å². The molecular weight excluding hydrogens is 350 g/mol. The molecule has 2 heterocycles. The third-order valence-electron chi connectivity index (χ3n) is 6.41. The van der Waals surface area contributed by atoms with Crippen molar-refractivity contribution in [3.63, 3.8) is 0 Å². The van der Waals surface area contributed by atoms with Crippen molar-refractivity contribution >= 4 is 5.91 Å². The van der Waals surface area contributed by atoms with Gasteiger partial charge >= 0.3 is 0 Å². The number of nitrogens with zero attached hydrogens (tertiary/aromatic N) is 3. The van der Waals surface area contributed by atoms with Crippen LogP contribution in [0.4, 0.5) is 0 Å². The number of hydrogen-bond acceptors (Lipinski definition) is 3. The third-order valence-corrected chi connectivity index (χ3v) is 6.41. The minimum atomic E-state index is -0.356. The van der Waals surface area contributed by atoms with Crippen molar-refractivity contribution in [2.24, 2.45) is 0 Å². The van der Waals surface area contributed by atoms with Crippen LogP contribution < -0.4 is 0 Å². The summed E-state index contributed by atoms with van der Waals surface area (Å²) < 4.78 is 1.76. The fourth-order valence-corrected chi connectivity index (χ4v) is 4.86. The lowest BCUT2D eigenvalue weighted by Crippen LogP contribution is -2.49. The van der Waals surface area contributed by atoms with E-state index in [4.69, 9.17) is 0 Å². The van der Waals surface area contributed by atoms with E-state index in [1.54, 1.807) is 10.9 Å². The van der Waals surface area contributed by atoms with Crippen LogP contribution in [0.1, 0.15) is 34.3 Å². The molecule has 1 spiro atoms. The monoisotopic (exact) mass is 373 g/mol. The first-order valence-corrected chi connectivity index (χ1v) is 9.83. The van der Waals surface area contributed by atoms with E-state index in [1.165, 1.54) is 11.1 Å². The highest BCUT2D eigenvalue weighted by molar-refractivity contribution is 5.94. The van der Waals surface area contributed by atoms with Gasteiger partial charge in [-0.2, -0.15) is 5.10 Å². The molecule has 1 N–H and O–H groups in total. The first-order valence-electron chi connectivity index (χ1n) is 9.83. The Morgan fingerprint density at radius 2 is 1.89 bits per heavy atom. The zero-order valence-electron chi connectivity index (χ0n) is 15.7. The summed E-state index contributed by atoms with van der Waals surface area (Å²) in [5, 5.41) is 15.0. The van der Waals surface area contributed by atoms with Gasteiger partial charge in [-0.05, 0) is 54.7 Å². The van der Waals surface area contributed by atoms with Crippen molar-refractivity contribution in [2.75, 3.05) is 13.1 Å². The van der Waals surface area contributed by atoms with Gasteiger partial charge in [0.15, 0.2) is 0 Å². The van der Waals surface area contributed by atoms with Gasteiger partial charge in [-0.3, -0.25) is 4.79 Å². The van der Waals surface area contributed by atoms with Gasteiger partial charge in [0, 0.05) is 36.5 Å². The Balaban J connectivity index is 1.35. The smallest absolute Gasteiger partial charge is 0.253 e. The Morgan fingerprint density at radius 3 is 2.68 bits per heavy atom. The number of aromatic nitrogens is 2. The van der Waals surface area contributed by atoms with Gasteiger partial charge in [-0.15, -0.1) is 0 Å². The lowest BCUT2D eigenvalue weighted by molar-refractivity contribution is 0.0365. The number of likely N-dealkylation sites (tertiary alicyclic amines) is 1. The number of aliphatic hydroxyl groups is 1. The number of hydrogen-bond donors (Lipinski definition) is 1. The molecule has 1 aliphatic carbocycles. The molecule has 5 nitrogen and oxygen atoms in total. The number of piperidine rings is 1.